The van der Waals surface area contributed by atoms with E-state index in [-0.39, 0.29) is 6.29 Å². The van der Waals surface area contributed by atoms with Gasteiger partial charge in [0.05, 0.1) is 15.8 Å². The summed E-state index contributed by atoms with van der Waals surface area (Å²) < 4.78 is 5.38. The van der Waals surface area contributed by atoms with Crippen molar-refractivity contribution in [3.05, 3.63) is 237 Å². The molecule has 3 aromatic heterocycles. The molecule has 0 spiro atoms. The number of hydrogen-bond acceptors (Lipinski definition) is 3. The molecule has 0 atom stereocenters. The standard InChI is InChI=1S/2C18H15P.C10H10N6.ClH.Ru/c2*1-4-10-16(11-5-1)19(17-12-6-2-7-13-17)18-14-8-3-9-15-18;1-4-11-14(7-1)10(15-8-2-5-12-15)16-9-3-6-13-16;;/h2*1-15H;1-10H;1H;/q;;;;+2/p+1. The number of nitrogens with zero attached hydrogens (tertiary/aromatic N) is 6. The van der Waals surface area contributed by atoms with Gasteiger partial charge in [-0.05, 0) is 91.0 Å². The maximum Gasteiger partial charge on any atom is 0.238 e. The molecule has 0 bridgehead atoms. The summed E-state index contributed by atoms with van der Waals surface area (Å²) in [4.78, 5) is 0. The molecular formula is C46H42ClN6P2Ru+3. The maximum atomic E-state index is 4.57. The molecule has 0 saturated carbocycles. The second kappa shape index (κ2) is 22.3. The summed E-state index contributed by atoms with van der Waals surface area (Å²) in [6.45, 7) is 0. The average Bonchev–Trinajstić information content (AvgIpc) is 4.12. The first-order valence-electron chi connectivity index (χ1n) is 18.0. The van der Waals surface area contributed by atoms with Crippen LogP contribution in [0.15, 0.2) is 237 Å². The number of benzene rings is 6. The van der Waals surface area contributed by atoms with Gasteiger partial charge in [-0.1, -0.05) is 109 Å². The Bertz CT molecular complexity index is 1930. The molecule has 0 radical (unpaired) electrons. The summed E-state index contributed by atoms with van der Waals surface area (Å²) in [6, 6.07) is 70.6. The maximum absolute atomic E-state index is 4.57. The van der Waals surface area contributed by atoms with Crippen LogP contribution in [-0.2, 0) is 17.3 Å². The normalized spacial score (nSPS) is 10.4. The van der Waals surface area contributed by atoms with Gasteiger partial charge < -0.3 is 0 Å². The van der Waals surface area contributed by atoms with Crippen molar-refractivity contribution in [3.8, 4) is 0 Å². The predicted octanol–water partition coefficient (Wildman–Crippen LogP) is 7.87. The van der Waals surface area contributed by atoms with Crippen LogP contribution < -0.4 is 31.8 Å². The van der Waals surface area contributed by atoms with Crippen LogP contribution in [0.1, 0.15) is 6.29 Å². The van der Waals surface area contributed by atoms with Crippen molar-refractivity contribution in [2.24, 2.45) is 0 Å². The van der Waals surface area contributed by atoms with Crippen molar-refractivity contribution in [1.29, 1.82) is 0 Å². The second-order valence-corrected chi connectivity index (χ2v) is 17.2. The summed E-state index contributed by atoms with van der Waals surface area (Å²) in [5.74, 6) is 0. The van der Waals surface area contributed by atoms with Crippen LogP contribution in [0.5, 0.6) is 0 Å². The van der Waals surface area contributed by atoms with Crippen molar-refractivity contribution in [2.45, 2.75) is 6.29 Å². The summed E-state index contributed by atoms with van der Waals surface area (Å²) in [6.07, 6.45) is 10.7. The summed E-state index contributed by atoms with van der Waals surface area (Å²) in [5.41, 5.74) is 0. The summed E-state index contributed by atoms with van der Waals surface area (Å²) >= 11 is 1.82. The van der Waals surface area contributed by atoms with Gasteiger partial charge >= 0.3 is 27.0 Å². The minimum absolute atomic E-state index is 0.194. The molecule has 0 aliphatic rings. The van der Waals surface area contributed by atoms with E-state index in [4.69, 9.17) is 0 Å². The third-order valence-electron chi connectivity index (χ3n) is 8.66. The average molecular weight is 877 g/mol. The van der Waals surface area contributed by atoms with Crippen LogP contribution in [0.4, 0.5) is 0 Å². The Hall–Kier alpha value is -5.28. The SMILES string of the molecule is [Cl][Ru+].c1ccc([PH+](c2ccccc2)c2ccccc2)cc1.c1ccc([PH+](c2ccccc2)c2ccccc2)cc1.c1cnn(C(n2cccn2)n2cccn2)c1. The number of halogens is 1. The Morgan fingerprint density at radius 2 is 0.518 bits per heavy atom. The van der Waals surface area contributed by atoms with Crippen molar-refractivity contribution in [3.63, 3.8) is 0 Å². The molecule has 278 valence electrons. The fourth-order valence-corrected chi connectivity index (χ4v) is 11.4. The van der Waals surface area contributed by atoms with Gasteiger partial charge in [-0.15, -0.1) is 0 Å². The molecule has 6 aromatic carbocycles. The minimum Gasteiger partial charge on any atom is -0.227 e. The largest absolute Gasteiger partial charge is 0.238 e. The van der Waals surface area contributed by atoms with Crippen molar-refractivity contribution in [2.75, 3.05) is 0 Å². The number of rotatable bonds is 9. The van der Waals surface area contributed by atoms with E-state index in [0.29, 0.717) is 0 Å². The zero-order valence-electron chi connectivity index (χ0n) is 30.5. The minimum atomic E-state index is -0.877. The molecule has 0 aliphatic heterocycles. The molecule has 0 saturated heterocycles. The van der Waals surface area contributed by atoms with Crippen LogP contribution in [0, 0.1) is 0 Å². The second-order valence-electron chi connectivity index (χ2n) is 12.3. The van der Waals surface area contributed by atoms with Gasteiger partial charge in [0.25, 0.3) is 0 Å². The Balaban J connectivity index is 0.000000140. The Morgan fingerprint density at radius 3 is 0.679 bits per heavy atom. The van der Waals surface area contributed by atoms with E-state index < -0.39 is 15.8 Å². The molecule has 0 N–H and O–H groups in total. The summed E-state index contributed by atoms with van der Waals surface area (Å²) in [5, 5.41) is 21.3. The van der Waals surface area contributed by atoms with Gasteiger partial charge in [0.2, 0.25) is 6.29 Å². The molecule has 0 amide bonds. The van der Waals surface area contributed by atoms with Crippen LogP contribution >= 0.6 is 25.5 Å². The van der Waals surface area contributed by atoms with Crippen molar-refractivity contribution < 1.29 is 17.3 Å². The monoisotopic (exact) mass is 877 g/mol. The molecule has 3 heterocycles. The Morgan fingerprint density at radius 1 is 0.321 bits per heavy atom. The first-order valence-corrected chi connectivity index (χ1v) is 23.3. The third kappa shape index (κ3) is 11.2. The molecule has 9 rings (SSSR count). The molecular weight excluding hydrogens is 835 g/mol. The van der Waals surface area contributed by atoms with E-state index in [0.717, 1.165) is 0 Å². The quantitative estimate of drug-likeness (QED) is 0.110. The van der Waals surface area contributed by atoms with Crippen LogP contribution in [0.2, 0.25) is 0 Å². The van der Waals surface area contributed by atoms with Gasteiger partial charge in [-0.3, -0.25) is 0 Å². The first kappa shape index (κ1) is 40.4. The van der Waals surface area contributed by atoms with Gasteiger partial charge in [0.1, 0.15) is 31.8 Å². The molecule has 9 aromatic rings. The molecule has 10 heteroatoms. The molecule has 56 heavy (non-hydrogen) atoms. The molecule has 0 unspecified atom stereocenters. The van der Waals surface area contributed by atoms with Gasteiger partial charge in [-0.25, -0.2) is 14.0 Å². The van der Waals surface area contributed by atoms with E-state index in [2.05, 4.69) is 207 Å². The van der Waals surface area contributed by atoms with Crippen LogP contribution in [0.25, 0.3) is 0 Å². The van der Waals surface area contributed by atoms with E-state index in [1.807, 2.05) is 54.1 Å². The fourth-order valence-electron chi connectivity index (χ4n) is 6.24. The number of aromatic nitrogens is 6. The predicted molar refractivity (Wildman–Crippen MR) is 235 cm³/mol. The van der Waals surface area contributed by atoms with Crippen molar-refractivity contribution >= 4 is 57.4 Å². The van der Waals surface area contributed by atoms with E-state index in [1.54, 1.807) is 32.6 Å². The smallest absolute Gasteiger partial charge is 0.227 e. The Labute approximate surface area is 345 Å². The van der Waals surface area contributed by atoms with Crippen LogP contribution in [-0.4, -0.2) is 29.3 Å². The van der Waals surface area contributed by atoms with E-state index >= 15 is 0 Å². The van der Waals surface area contributed by atoms with Gasteiger partial charge in [0, 0.05) is 37.2 Å². The number of hydrogen-bond donors (Lipinski definition) is 0. The van der Waals surface area contributed by atoms with Crippen LogP contribution in [0.3, 0.4) is 0 Å². The third-order valence-corrected chi connectivity index (χ3v) is 14.1. The zero-order chi connectivity index (χ0) is 38.6. The first-order chi connectivity index (χ1) is 27.8. The topological polar surface area (TPSA) is 53.5 Å². The summed E-state index contributed by atoms with van der Waals surface area (Å²) in [7, 11) is 2.81. The van der Waals surface area contributed by atoms with E-state index in [1.165, 1.54) is 31.8 Å². The molecule has 6 nitrogen and oxygen atoms in total. The fraction of sp³-hybridized carbons (Fsp3) is 0.0217. The molecule has 0 aliphatic carbocycles. The van der Waals surface area contributed by atoms with E-state index in [9.17, 15) is 0 Å². The van der Waals surface area contributed by atoms with Gasteiger partial charge in [-0.2, -0.15) is 15.3 Å². The Kier molecular flexibility index (Phi) is 16.1. The molecule has 0 fully saturated rings. The van der Waals surface area contributed by atoms with Crippen molar-refractivity contribution in [1.82, 2.24) is 29.3 Å². The zero-order valence-corrected chi connectivity index (χ0v) is 35.0. The van der Waals surface area contributed by atoms with Gasteiger partial charge in [0.15, 0.2) is 0 Å².